The van der Waals surface area contributed by atoms with Crippen LogP contribution in [0.4, 0.5) is 6.01 Å². The summed E-state index contributed by atoms with van der Waals surface area (Å²) in [5, 5.41) is 7.72. The average molecular weight is 184 g/mol. The van der Waals surface area contributed by atoms with Crippen molar-refractivity contribution in [1.29, 1.82) is 0 Å². The van der Waals surface area contributed by atoms with Crippen LogP contribution in [0.15, 0.2) is 4.42 Å². The third-order valence-electron chi connectivity index (χ3n) is 1.82. The molecule has 0 aliphatic carbocycles. The quantitative estimate of drug-likeness (QED) is 0.752. The molecule has 0 saturated carbocycles. The van der Waals surface area contributed by atoms with E-state index in [9.17, 15) is 0 Å². The van der Waals surface area contributed by atoms with Gasteiger partial charge in [-0.25, -0.2) is 0 Å². The molecule has 5 heteroatoms. The third kappa shape index (κ3) is 2.18. The van der Waals surface area contributed by atoms with E-state index in [2.05, 4.69) is 10.2 Å². The largest absolute Gasteiger partial charge is 0.406 e. The van der Waals surface area contributed by atoms with Crippen molar-refractivity contribution in [3.05, 3.63) is 5.89 Å². The number of nitrogens with two attached hydrogens (primary N) is 1. The summed E-state index contributed by atoms with van der Waals surface area (Å²) in [4.78, 5) is 1.75. The Morgan fingerprint density at radius 2 is 1.92 bits per heavy atom. The number of aromatic nitrogens is 2. The van der Waals surface area contributed by atoms with Crippen LogP contribution in [-0.4, -0.2) is 24.3 Å². The summed E-state index contributed by atoms with van der Waals surface area (Å²) in [7, 11) is 3.69. The molecule has 0 spiro atoms. The number of nitrogens with zero attached hydrogens (tertiary/aromatic N) is 3. The molecule has 1 rings (SSSR count). The SMILES string of the molecule is CC(C)C(N)c1nnc(N(C)C)o1. The van der Waals surface area contributed by atoms with Crippen LogP contribution in [0.3, 0.4) is 0 Å². The Morgan fingerprint density at radius 1 is 1.31 bits per heavy atom. The fourth-order valence-electron chi connectivity index (χ4n) is 0.827. The van der Waals surface area contributed by atoms with Crippen molar-refractivity contribution in [2.75, 3.05) is 19.0 Å². The number of hydrogen-bond acceptors (Lipinski definition) is 5. The van der Waals surface area contributed by atoms with Crippen molar-refractivity contribution in [3.63, 3.8) is 0 Å². The van der Waals surface area contributed by atoms with E-state index >= 15 is 0 Å². The molecule has 0 aliphatic heterocycles. The lowest BCUT2D eigenvalue weighted by atomic mass is 10.1. The molecule has 5 nitrogen and oxygen atoms in total. The monoisotopic (exact) mass is 184 g/mol. The van der Waals surface area contributed by atoms with Crippen LogP contribution in [0.2, 0.25) is 0 Å². The lowest BCUT2D eigenvalue weighted by molar-refractivity contribution is 0.391. The molecular weight excluding hydrogens is 168 g/mol. The molecule has 13 heavy (non-hydrogen) atoms. The molecule has 1 atom stereocenters. The fourth-order valence-corrected chi connectivity index (χ4v) is 0.827. The summed E-state index contributed by atoms with van der Waals surface area (Å²) in [6.45, 7) is 4.04. The summed E-state index contributed by atoms with van der Waals surface area (Å²) < 4.78 is 5.35. The maximum absolute atomic E-state index is 5.84. The van der Waals surface area contributed by atoms with Gasteiger partial charge in [-0.05, 0) is 5.92 Å². The van der Waals surface area contributed by atoms with E-state index in [4.69, 9.17) is 10.2 Å². The van der Waals surface area contributed by atoms with Crippen LogP contribution in [0.1, 0.15) is 25.8 Å². The van der Waals surface area contributed by atoms with Crippen molar-refractivity contribution in [3.8, 4) is 0 Å². The number of anilines is 1. The molecule has 2 N–H and O–H groups in total. The van der Waals surface area contributed by atoms with Gasteiger partial charge in [-0.3, -0.25) is 0 Å². The summed E-state index contributed by atoms with van der Waals surface area (Å²) in [6.07, 6.45) is 0. The second-order valence-corrected chi connectivity index (χ2v) is 3.59. The standard InChI is InChI=1S/C8H16N4O/c1-5(2)6(9)7-10-11-8(13-7)12(3)4/h5-6H,9H2,1-4H3. The number of hydrogen-bond donors (Lipinski definition) is 1. The van der Waals surface area contributed by atoms with Crippen LogP contribution in [0.5, 0.6) is 0 Å². The van der Waals surface area contributed by atoms with E-state index in [-0.39, 0.29) is 6.04 Å². The first-order chi connectivity index (χ1) is 6.02. The molecule has 1 heterocycles. The van der Waals surface area contributed by atoms with Crippen LogP contribution in [-0.2, 0) is 0 Å². The molecule has 0 radical (unpaired) electrons. The van der Waals surface area contributed by atoms with Crippen molar-refractivity contribution < 1.29 is 4.42 Å². The Balaban J connectivity index is 2.79. The van der Waals surface area contributed by atoms with Gasteiger partial charge in [0, 0.05) is 14.1 Å². The highest BCUT2D eigenvalue weighted by molar-refractivity contribution is 5.19. The molecule has 0 aromatic carbocycles. The van der Waals surface area contributed by atoms with Crippen molar-refractivity contribution in [2.45, 2.75) is 19.9 Å². The fraction of sp³-hybridized carbons (Fsp3) is 0.750. The molecule has 0 aliphatic rings. The van der Waals surface area contributed by atoms with E-state index in [1.54, 1.807) is 4.90 Å². The zero-order valence-corrected chi connectivity index (χ0v) is 8.48. The first kappa shape index (κ1) is 9.98. The number of rotatable bonds is 3. The zero-order chi connectivity index (χ0) is 10.0. The van der Waals surface area contributed by atoms with E-state index in [1.807, 2.05) is 27.9 Å². The average Bonchev–Trinajstić information content (AvgIpc) is 2.50. The molecule has 0 amide bonds. The highest BCUT2D eigenvalue weighted by Gasteiger charge is 2.17. The molecule has 1 aromatic heterocycles. The first-order valence-corrected chi connectivity index (χ1v) is 4.28. The molecule has 74 valence electrons. The van der Waals surface area contributed by atoms with Crippen molar-refractivity contribution >= 4 is 6.01 Å². The lowest BCUT2D eigenvalue weighted by Crippen LogP contribution is -2.17. The Bertz CT molecular complexity index is 269. The topological polar surface area (TPSA) is 68.2 Å². The molecule has 0 saturated heterocycles. The van der Waals surface area contributed by atoms with E-state index in [1.165, 1.54) is 0 Å². The molecule has 1 aromatic rings. The molecular formula is C8H16N4O. The second-order valence-electron chi connectivity index (χ2n) is 3.59. The highest BCUT2D eigenvalue weighted by Crippen LogP contribution is 2.19. The minimum Gasteiger partial charge on any atom is -0.406 e. The molecule has 1 unspecified atom stereocenters. The van der Waals surface area contributed by atoms with Gasteiger partial charge in [0.25, 0.3) is 0 Å². The molecule has 0 bridgehead atoms. The van der Waals surface area contributed by atoms with Gasteiger partial charge in [-0.1, -0.05) is 18.9 Å². The molecule has 0 fully saturated rings. The predicted octanol–water partition coefficient (Wildman–Crippen LogP) is 0.791. The Morgan fingerprint density at radius 3 is 2.31 bits per heavy atom. The van der Waals surface area contributed by atoms with Gasteiger partial charge < -0.3 is 15.1 Å². The summed E-state index contributed by atoms with van der Waals surface area (Å²) in [6, 6.07) is 0.312. The third-order valence-corrected chi connectivity index (χ3v) is 1.82. The Labute approximate surface area is 77.9 Å². The normalized spacial score (nSPS) is 13.4. The zero-order valence-electron chi connectivity index (χ0n) is 8.48. The van der Waals surface area contributed by atoms with Crippen LogP contribution in [0.25, 0.3) is 0 Å². The maximum Gasteiger partial charge on any atom is 0.317 e. The summed E-state index contributed by atoms with van der Waals surface area (Å²) in [5.41, 5.74) is 5.84. The van der Waals surface area contributed by atoms with Gasteiger partial charge in [0.2, 0.25) is 5.89 Å². The van der Waals surface area contributed by atoms with Crippen molar-refractivity contribution in [1.82, 2.24) is 10.2 Å². The predicted molar refractivity (Wildman–Crippen MR) is 50.4 cm³/mol. The minimum absolute atomic E-state index is 0.179. The van der Waals surface area contributed by atoms with Gasteiger partial charge in [0.05, 0.1) is 6.04 Å². The first-order valence-electron chi connectivity index (χ1n) is 4.28. The van der Waals surface area contributed by atoms with Crippen LogP contribution < -0.4 is 10.6 Å². The summed E-state index contributed by atoms with van der Waals surface area (Å²) in [5.74, 6) is 0.800. The van der Waals surface area contributed by atoms with Crippen molar-refractivity contribution in [2.24, 2.45) is 11.7 Å². The van der Waals surface area contributed by atoms with E-state index in [0.29, 0.717) is 17.8 Å². The van der Waals surface area contributed by atoms with Gasteiger partial charge in [0.1, 0.15) is 0 Å². The highest BCUT2D eigenvalue weighted by atomic mass is 16.4. The maximum atomic E-state index is 5.84. The second kappa shape index (κ2) is 3.74. The minimum atomic E-state index is -0.179. The Kier molecular flexibility index (Phi) is 2.87. The summed E-state index contributed by atoms with van der Waals surface area (Å²) >= 11 is 0. The van der Waals surface area contributed by atoms with E-state index < -0.39 is 0 Å². The van der Waals surface area contributed by atoms with Gasteiger partial charge >= 0.3 is 6.01 Å². The smallest absolute Gasteiger partial charge is 0.317 e. The van der Waals surface area contributed by atoms with Crippen LogP contribution >= 0.6 is 0 Å². The van der Waals surface area contributed by atoms with Gasteiger partial charge in [0.15, 0.2) is 0 Å². The van der Waals surface area contributed by atoms with E-state index in [0.717, 1.165) is 0 Å². The van der Waals surface area contributed by atoms with Crippen LogP contribution in [0, 0.1) is 5.92 Å². The Hall–Kier alpha value is -1.10. The van der Waals surface area contributed by atoms with Gasteiger partial charge in [-0.15, -0.1) is 5.10 Å². The van der Waals surface area contributed by atoms with Gasteiger partial charge in [-0.2, -0.15) is 0 Å². The lowest BCUT2D eigenvalue weighted by Gasteiger charge is -2.10.